The van der Waals surface area contributed by atoms with Crippen LogP contribution in [0.25, 0.3) is 22.2 Å². The van der Waals surface area contributed by atoms with Crippen molar-refractivity contribution < 1.29 is 4.79 Å². The SMILES string of the molecule is O=C(NC1CC1)c1[nH]c2cccnc2c1-c1ccc(Cl)cc1. The molecule has 4 rings (SSSR count). The van der Waals surface area contributed by atoms with Crippen LogP contribution in [0.15, 0.2) is 42.6 Å². The lowest BCUT2D eigenvalue weighted by Gasteiger charge is -2.06. The normalized spacial score (nSPS) is 14.2. The van der Waals surface area contributed by atoms with Crippen LogP contribution in [0.4, 0.5) is 0 Å². The smallest absolute Gasteiger partial charge is 0.268 e. The molecule has 0 aliphatic heterocycles. The first kappa shape index (κ1) is 13.3. The van der Waals surface area contributed by atoms with Gasteiger partial charge in [0, 0.05) is 22.8 Å². The molecule has 1 amide bonds. The van der Waals surface area contributed by atoms with E-state index in [0.717, 1.165) is 35.0 Å². The average Bonchev–Trinajstić information content (AvgIpc) is 3.25. The Morgan fingerprint density at radius 1 is 1.23 bits per heavy atom. The number of pyridine rings is 1. The number of benzene rings is 1. The van der Waals surface area contributed by atoms with Crippen molar-refractivity contribution >= 4 is 28.5 Å². The van der Waals surface area contributed by atoms with Crippen LogP contribution in [0.3, 0.4) is 0 Å². The molecular formula is C17H14ClN3O. The van der Waals surface area contributed by atoms with Crippen LogP contribution in [0.5, 0.6) is 0 Å². The Bertz CT molecular complexity index is 850. The maximum Gasteiger partial charge on any atom is 0.268 e. The minimum Gasteiger partial charge on any atom is -0.349 e. The Balaban J connectivity index is 1.89. The van der Waals surface area contributed by atoms with Crippen LogP contribution in [0, 0.1) is 0 Å². The molecule has 2 aromatic heterocycles. The standard InChI is InChI=1S/C17H14ClN3O/c18-11-5-3-10(4-6-11)14-15-13(2-1-9-19-15)21-16(14)17(22)20-12-7-8-12/h1-6,9,12,21H,7-8H2,(H,20,22). The van der Waals surface area contributed by atoms with E-state index in [1.165, 1.54) is 0 Å². The maximum atomic E-state index is 12.5. The molecule has 0 saturated heterocycles. The minimum atomic E-state index is -0.0783. The third-order valence-electron chi connectivity index (χ3n) is 3.83. The van der Waals surface area contributed by atoms with Crippen molar-refractivity contribution in [3.8, 4) is 11.1 Å². The predicted molar refractivity (Wildman–Crippen MR) is 87.0 cm³/mol. The van der Waals surface area contributed by atoms with Gasteiger partial charge in [-0.15, -0.1) is 0 Å². The van der Waals surface area contributed by atoms with Gasteiger partial charge in [-0.25, -0.2) is 0 Å². The molecule has 1 aliphatic carbocycles. The van der Waals surface area contributed by atoms with E-state index >= 15 is 0 Å². The molecule has 110 valence electrons. The molecular weight excluding hydrogens is 298 g/mol. The zero-order valence-corrected chi connectivity index (χ0v) is 12.5. The second-order valence-corrected chi connectivity index (χ2v) is 5.97. The van der Waals surface area contributed by atoms with Gasteiger partial charge in [0.05, 0.1) is 11.0 Å². The van der Waals surface area contributed by atoms with Crippen molar-refractivity contribution in [2.24, 2.45) is 0 Å². The summed E-state index contributed by atoms with van der Waals surface area (Å²) in [6.45, 7) is 0. The summed E-state index contributed by atoms with van der Waals surface area (Å²) in [5.41, 5.74) is 3.96. The summed E-state index contributed by atoms with van der Waals surface area (Å²) >= 11 is 5.97. The van der Waals surface area contributed by atoms with Gasteiger partial charge in [0.1, 0.15) is 5.69 Å². The number of aromatic nitrogens is 2. The fraction of sp³-hybridized carbons (Fsp3) is 0.176. The van der Waals surface area contributed by atoms with E-state index in [-0.39, 0.29) is 5.91 Å². The summed E-state index contributed by atoms with van der Waals surface area (Å²) in [6, 6.07) is 11.6. The molecule has 4 nitrogen and oxygen atoms in total. The molecule has 0 radical (unpaired) electrons. The molecule has 0 spiro atoms. The molecule has 1 fully saturated rings. The first-order valence-electron chi connectivity index (χ1n) is 7.26. The first-order valence-corrected chi connectivity index (χ1v) is 7.63. The lowest BCUT2D eigenvalue weighted by atomic mass is 10.0. The molecule has 1 aromatic carbocycles. The number of hydrogen-bond donors (Lipinski definition) is 2. The third kappa shape index (κ3) is 2.35. The van der Waals surface area contributed by atoms with Crippen molar-refractivity contribution in [3.05, 3.63) is 53.3 Å². The highest BCUT2D eigenvalue weighted by Gasteiger charge is 2.27. The Hall–Kier alpha value is -2.33. The van der Waals surface area contributed by atoms with Gasteiger partial charge >= 0.3 is 0 Å². The van der Waals surface area contributed by atoms with Gasteiger partial charge in [-0.1, -0.05) is 23.7 Å². The van der Waals surface area contributed by atoms with Gasteiger partial charge in [0.2, 0.25) is 0 Å². The zero-order chi connectivity index (χ0) is 15.1. The number of aromatic amines is 1. The highest BCUT2D eigenvalue weighted by molar-refractivity contribution is 6.30. The number of halogens is 1. The number of amides is 1. The summed E-state index contributed by atoms with van der Waals surface area (Å²) in [6.07, 6.45) is 3.85. The molecule has 1 aliphatic rings. The number of nitrogens with zero attached hydrogens (tertiary/aromatic N) is 1. The van der Waals surface area contributed by atoms with Crippen molar-refractivity contribution in [2.75, 3.05) is 0 Å². The summed E-state index contributed by atoms with van der Waals surface area (Å²) in [4.78, 5) is 20.2. The fourth-order valence-electron chi connectivity index (χ4n) is 2.57. The van der Waals surface area contributed by atoms with E-state index in [0.29, 0.717) is 16.8 Å². The fourth-order valence-corrected chi connectivity index (χ4v) is 2.70. The van der Waals surface area contributed by atoms with E-state index in [9.17, 15) is 4.79 Å². The second kappa shape index (κ2) is 5.14. The van der Waals surface area contributed by atoms with Crippen LogP contribution < -0.4 is 5.32 Å². The van der Waals surface area contributed by atoms with E-state index in [2.05, 4.69) is 15.3 Å². The molecule has 1 saturated carbocycles. The molecule has 2 N–H and O–H groups in total. The van der Waals surface area contributed by atoms with E-state index in [1.54, 1.807) is 6.20 Å². The second-order valence-electron chi connectivity index (χ2n) is 5.53. The maximum absolute atomic E-state index is 12.5. The van der Waals surface area contributed by atoms with Crippen LogP contribution in [0.1, 0.15) is 23.3 Å². The number of carbonyl (C=O) groups excluding carboxylic acids is 1. The average molecular weight is 312 g/mol. The van der Waals surface area contributed by atoms with Gasteiger partial charge in [-0.3, -0.25) is 9.78 Å². The molecule has 0 atom stereocenters. The highest BCUT2D eigenvalue weighted by atomic mass is 35.5. The molecule has 5 heteroatoms. The number of hydrogen-bond acceptors (Lipinski definition) is 2. The zero-order valence-electron chi connectivity index (χ0n) is 11.8. The van der Waals surface area contributed by atoms with Crippen molar-refractivity contribution in [2.45, 2.75) is 18.9 Å². The van der Waals surface area contributed by atoms with Gasteiger partial charge < -0.3 is 10.3 Å². The number of carbonyl (C=O) groups is 1. The molecule has 3 aromatic rings. The van der Waals surface area contributed by atoms with Crippen LogP contribution >= 0.6 is 11.6 Å². The van der Waals surface area contributed by atoms with Crippen molar-refractivity contribution in [1.82, 2.24) is 15.3 Å². The highest BCUT2D eigenvalue weighted by Crippen LogP contribution is 2.32. The number of nitrogens with one attached hydrogen (secondary N) is 2. The minimum absolute atomic E-state index is 0.0783. The summed E-state index contributed by atoms with van der Waals surface area (Å²) in [5.74, 6) is -0.0783. The predicted octanol–water partition coefficient (Wildman–Crippen LogP) is 3.78. The molecule has 0 bridgehead atoms. The van der Waals surface area contributed by atoms with Gasteiger partial charge in [0.15, 0.2) is 0 Å². The van der Waals surface area contributed by atoms with Crippen LogP contribution in [0.2, 0.25) is 5.02 Å². The van der Waals surface area contributed by atoms with Gasteiger partial charge in [-0.05, 0) is 42.7 Å². The van der Waals surface area contributed by atoms with Crippen molar-refractivity contribution in [1.29, 1.82) is 0 Å². The lowest BCUT2D eigenvalue weighted by molar-refractivity contribution is 0.0947. The Morgan fingerprint density at radius 2 is 2.00 bits per heavy atom. The Morgan fingerprint density at radius 3 is 2.73 bits per heavy atom. The lowest BCUT2D eigenvalue weighted by Crippen LogP contribution is -2.26. The monoisotopic (exact) mass is 311 g/mol. The van der Waals surface area contributed by atoms with Gasteiger partial charge in [0.25, 0.3) is 5.91 Å². The van der Waals surface area contributed by atoms with Crippen molar-refractivity contribution in [3.63, 3.8) is 0 Å². The van der Waals surface area contributed by atoms with E-state index < -0.39 is 0 Å². The summed E-state index contributed by atoms with van der Waals surface area (Å²) in [7, 11) is 0. The van der Waals surface area contributed by atoms with Gasteiger partial charge in [-0.2, -0.15) is 0 Å². The Kier molecular flexibility index (Phi) is 3.12. The summed E-state index contributed by atoms with van der Waals surface area (Å²) in [5, 5.41) is 3.70. The molecule has 0 unspecified atom stereocenters. The third-order valence-corrected chi connectivity index (χ3v) is 4.08. The van der Waals surface area contributed by atoms with E-state index in [1.807, 2.05) is 36.4 Å². The largest absolute Gasteiger partial charge is 0.349 e. The van der Waals surface area contributed by atoms with E-state index in [4.69, 9.17) is 11.6 Å². The molecule has 22 heavy (non-hydrogen) atoms. The molecule has 2 heterocycles. The number of H-pyrrole nitrogens is 1. The number of rotatable bonds is 3. The summed E-state index contributed by atoms with van der Waals surface area (Å²) < 4.78 is 0. The quantitative estimate of drug-likeness (QED) is 0.773. The first-order chi connectivity index (χ1) is 10.7. The topological polar surface area (TPSA) is 57.8 Å². The van der Waals surface area contributed by atoms with Crippen LogP contribution in [-0.4, -0.2) is 21.9 Å². The number of fused-ring (bicyclic) bond motifs is 1. The Labute approximate surface area is 132 Å². The van der Waals surface area contributed by atoms with Crippen LogP contribution in [-0.2, 0) is 0 Å².